The van der Waals surface area contributed by atoms with Crippen molar-refractivity contribution in [1.82, 2.24) is 9.80 Å². The van der Waals surface area contributed by atoms with E-state index in [9.17, 15) is 4.39 Å². The van der Waals surface area contributed by atoms with Gasteiger partial charge in [-0.15, -0.1) is 0 Å². The molecule has 0 saturated carbocycles. The fraction of sp³-hybridized carbons (Fsp3) is 0.500. The molecule has 2 aromatic carbocycles. The summed E-state index contributed by atoms with van der Waals surface area (Å²) in [4.78, 5) is 4.65. The van der Waals surface area contributed by atoms with Gasteiger partial charge in [-0.25, -0.2) is 4.39 Å². The molecule has 4 rings (SSSR count). The van der Waals surface area contributed by atoms with Crippen molar-refractivity contribution in [3.8, 4) is 5.75 Å². The Morgan fingerprint density at radius 1 is 1.07 bits per heavy atom. The van der Waals surface area contributed by atoms with Gasteiger partial charge in [-0.3, -0.25) is 0 Å². The molecule has 1 atom stereocenters. The molecule has 6 heteroatoms. The monoisotopic (exact) mass is 450 g/mol. The zero-order valence-corrected chi connectivity index (χ0v) is 18.9. The number of halogens is 3. The molecule has 0 spiro atoms. The van der Waals surface area contributed by atoms with Crippen molar-refractivity contribution in [3.05, 3.63) is 63.1 Å². The number of likely N-dealkylation sites (N-methyl/N-ethyl adjacent to an activating group) is 1. The Morgan fingerprint density at radius 3 is 2.60 bits per heavy atom. The quantitative estimate of drug-likeness (QED) is 0.519. The summed E-state index contributed by atoms with van der Waals surface area (Å²) >= 11 is 12.6. The lowest BCUT2D eigenvalue weighted by Crippen LogP contribution is -2.35. The summed E-state index contributed by atoms with van der Waals surface area (Å²) in [7, 11) is 2.13. The highest BCUT2D eigenvalue weighted by atomic mass is 35.5. The smallest absolute Gasteiger partial charge is 0.119 e. The number of piperidine rings is 1. The van der Waals surface area contributed by atoms with E-state index in [1.807, 2.05) is 18.2 Å². The van der Waals surface area contributed by atoms with Crippen LogP contribution in [-0.4, -0.2) is 55.8 Å². The first kappa shape index (κ1) is 21.9. The van der Waals surface area contributed by atoms with Crippen LogP contribution in [0, 0.1) is 0 Å². The van der Waals surface area contributed by atoms with Gasteiger partial charge in [0.2, 0.25) is 0 Å². The van der Waals surface area contributed by atoms with Gasteiger partial charge in [-0.05, 0) is 67.3 Å². The lowest BCUT2D eigenvalue weighted by atomic mass is 9.84. The van der Waals surface area contributed by atoms with Gasteiger partial charge in [0.15, 0.2) is 0 Å². The largest absolute Gasteiger partial charge is 0.494 e. The van der Waals surface area contributed by atoms with Crippen LogP contribution < -0.4 is 4.74 Å². The van der Waals surface area contributed by atoms with Gasteiger partial charge in [-0.1, -0.05) is 35.3 Å². The molecular weight excluding hydrogens is 422 g/mol. The van der Waals surface area contributed by atoms with Gasteiger partial charge in [0.1, 0.15) is 11.9 Å². The molecule has 0 N–H and O–H groups in total. The summed E-state index contributed by atoms with van der Waals surface area (Å²) in [6.45, 7) is 5.19. The molecule has 0 aromatic heterocycles. The highest BCUT2D eigenvalue weighted by Crippen LogP contribution is 2.38. The van der Waals surface area contributed by atoms with Crippen molar-refractivity contribution in [2.24, 2.45) is 0 Å². The maximum Gasteiger partial charge on any atom is 0.119 e. The van der Waals surface area contributed by atoms with E-state index in [0.29, 0.717) is 29.5 Å². The minimum absolute atomic E-state index is 0.219. The molecule has 1 saturated heterocycles. The first-order chi connectivity index (χ1) is 14.5. The molecule has 2 aliphatic rings. The molecule has 1 unspecified atom stereocenters. The van der Waals surface area contributed by atoms with Crippen LogP contribution in [0.5, 0.6) is 5.75 Å². The number of nitrogens with zero attached hydrogens (tertiary/aromatic N) is 2. The normalized spacial score (nSPS) is 20.9. The lowest BCUT2D eigenvalue weighted by molar-refractivity contribution is 0.143. The Labute approximate surface area is 188 Å². The number of fused-ring (bicyclic) bond motifs is 1. The van der Waals surface area contributed by atoms with Crippen LogP contribution in [0.3, 0.4) is 0 Å². The number of rotatable bonds is 6. The standard InChI is InChI=1S/C24H29Cl2FN2O/c1-28-15-17-13-20(30-12-2-9-29-10-7-19(27)8-11-29)4-6-21(17)23(16-28)22-5-3-18(25)14-24(22)26/h3-6,13-14,19,23H,2,7-12,15-16H2,1H3. The number of alkyl halides is 1. The van der Waals surface area contributed by atoms with Crippen LogP contribution in [0.25, 0.3) is 0 Å². The number of benzene rings is 2. The fourth-order valence-electron chi connectivity index (χ4n) is 4.57. The van der Waals surface area contributed by atoms with Crippen LogP contribution in [-0.2, 0) is 6.54 Å². The first-order valence-electron chi connectivity index (χ1n) is 10.7. The van der Waals surface area contributed by atoms with Crippen LogP contribution >= 0.6 is 23.2 Å². The number of hydrogen-bond donors (Lipinski definition) is 0. The minimum atomic E-state index is -0.613. The summed E-state index contributed by atoms with van der Waals surface area (Å²) in [5, 5.41) is 1.37. The van der Waals surface area contributed by atoms with Crippen molar-refractivity contribution >= 4 is 23.2 Å². The SMILES string of the molecule is CN1Cc2cc(OCCCN3CCC(F)CC3)ccc2C(c2ccc(Cl)cc2Cl)C1. The lowest BCUT2D eigenvalue weighted by Gasteiger charge is -2.33. The maximum atomic E-state index is 13.2. The third-order valence-electron chi connectivity index (χ3n) is 6.17. The van der Waals surface area contributed by atoms with Gasteiger partial charge >= 0.3 is 0 Å². The van der Waals surface area contributed by atoms with Crippen molar-refractivity contribution in [3.63, 3.8) is 0 Å². The van der Waals surface area contributed by atoms with E-state index in [4.69, 9.17) is 27.9 Å². The predicted octanol–water partition coefficient (Wildman–Crippen LogP) is 5.77. The molecule has 3 nitrogen and oxygen atoms in total. The second-order valence-corrected chi connectivity index (χ2v) is 9.34. The molecule has 30 heavy (non-hydrogen) atoms. The molecule has 1 fully saturated rings. The van der Waals surface area contributed by atoms with Gasteiger partial charge < -0.3 is 14.5 Å². The van der Waals surface area contributed by atoms with Gasteiger partial charge in [-0.2, -0.15) is 0 Å². The van der Waals surface area contributed by atoms with Crippen molar-refractivity contribution in [2.75, 3.05) is 39.8 Å². The molecule has 2 aromatic rings. The molecule has 162 valence electrons. The van der Waals surface area contributed by atoms with Crippen LogP contribution in [0.2, 0.25) is 10.0 Å². The third kappa shape index (κ3) is 5.28. The Morgan fingerprint density at radius 2 is 1.83 bits per heavy atom. The summed E-state index contributed by atoms with van der Waals surface area (Å²) in [5.74, 6) is 1.13. The van der Waals surface area contributed by atoms with Crippen molar-refractivity contribution in [2.45, 2.75) is 37.9 Å². The average molecular weight is 451 g/mol. The molecule has 0 bridgehead atoms. The van der Waals surface area contributed by atoms with Gasteiger partial charge in [0.05, 0.1) is 6.61 Å². The fourth-order valence-corrected chi connectivity index (χ4v) is 5.11. The minimum Gasteiger partial charge on any atom is -0.494 e. The Kier molecular flexibility index (Phi) is 7.20. The van der Waals surface area contributed by atoms with Gasteiger partial charge in [0, 0.05) is 48.7 Å². The summed E-state index contributed by atoms with van der Waals surface area (Å²) < 4.78 is 19.3. The topological polar surface area (TPSA) is 15.7 Å². The highest BCUT2D eigenvalue weighted by molar-refractivity contribution is 6.35. The van der Waals surface area contributed by atoms with E-state index in [1.165, 1.54) is 11.1 Å². The second kappa shape index (κ2) is 9.86. The van der Waals surface area contributed by atoms with Crippen molar-refractivity contribution in [1.29, 1.82) is 0 Å². The van der Waals surface area contributed by atoms with Crippen molar-refractivity contribution < 1.29 is 9.13 Å². The molecule has 2 heterocycles. The molecule has 0 aliphatic carbocycles. The number of hydrogen-bond acceptors (Lipinski definition) is 3. The molecule has 2 aliphatic heterocycles. The average Bonchev–Trinajstić information content (AvgIpc) is 2.72. The van der Waals surface area contributed by atoms with E-state index in [1.54, 1.807) is 0 Å². The summed E-state index contributed by atoms with van der Waals surface area (Å²) in [6.07, 6.45) is 1.67. The van der Waals surface area contributed by atoms with Crippen LogP contribution in [0.4, 0.5) is 4.39 Å². The Bertz CT molecular complexity index is 870. The van der Waals surface area contributed by atoms with E-state index < -0.39 is 6.17 Å². The Balaban J connectivity index is 1.39. The summed E-state index contributed by atoms with van der Waals surface area (Å²) in [6, 6.07) is 12.2. The highest BCUT2D eigenvalue weighted by Gasteiger charge is 2.27. The zero-order chi connectivity index (χ0) is 21.1. The second-order valence-electron chi connectivity index (χ2n) is 8.49. The number of ether oxygens (including phenoxy) is 1. The molecule has 0 radical (unpaired) electrons. The summed E-state index contributed by atoms with van der Waals surface area (Å²) in [5.41, 5.74) is 3.70. The third-order valence-corrected chi connectivity index (χ3v) is 6.73. The molecule has 0 amide bonds. The maximum absolute atomic E-state index is 13.2. The van der Waals surface area contributed by atoms with E-state index in [0.717, 1.165) is 50.5 Å². The first-order valence-corrected chi connectivity index (χ1v) is 11.5. The molecular formula is C24H29Cl2FN2O. The van der Waals surface area contributed by atoms with Gasteiger partial charge in [0.25, 0.3) is 0 Å². The van der Waals surface area contributed by atoms with E-state index >= 15 is 0 Å². The van der Waals surface area contributed by atoms with Crippen LogP contribution in [0.15, 0.2) is 36.4 Å². The predicted molar refractivity (Wildman–Crippen MR) is 122 cm³/mol. The van der Waals surface area contributed by atoms with E-state index in [-0.39, 0.29) is 5.92 Å². The van der Waals surface area contributed by atoms with Crippen LogP contribution in [0.1, 0.15) is 41.9 Å². The van der Waals surface area contributed by atoms with E-state index in [2.05, 4.69) is 35.0 Å². The zero-order valence-electron chi connectivity index (χ0n) is 17.4. The Hall–Kier alpha value is -1.33. The number of likely N-dealkylation sites (tertiary alicyclic amines) is 1.